The topological polar surface area (TPSA) is 79.6 Å². The predicted octanol–water partition coefficient (Wildman–Crippen LogP) is 4.81. The van der Waals surface area contributed by atoms with Gasteiger partial charge in [0.05, 0.1) is 15.1 Å². The highest BCUT2D eigenvalue weighted by Crippen LogP contribution is 2.32. The zero-order chi connectivity index (χ0) is 22.4. The van der Waals surface area contributed by atoms with Gasteiger partial charge in [-0.15, -0.1) is 11.8 Å². The number of anilines is 1. The lowest BCUT2D eigenvalue weighted by Gasteiger charge is -2.22. The number of carbonyl (C=O) groups excluding carboxylic acids is 1. The maximum absolute atomic E-state index is 13.0. The molecule has 0 saturated carbocycles. The number of fused-ring (bicyclic) bond motifs is 1. The summed E-state index contributed by atoms with van der Waals surface area (Å²) in [6, 6.07) is 10.8. The fourth-order valence-electron chi connectivity index (χ4n) is 2.84. The molecule has 0 radical (unpaired) electrons. The van der Waals surface area contributed by atoms with E-state index in [1.54, 1.807) is 34.9 Å². The summed E-state index contributed by atoms with van der Waals surface area (Å²) in [4.78, 5) is 32.7. The van der Waals surface area contributed by atoms with Crippen LogP contribution in [0.2, 0.25) is 0 Å². The van der Waals surface area contributed by atoms with Gasteiger partial charge in [0, 0.05) is 36.5 Å². The third-order valence-electron chi connectivity index (χ3n) is 4.49. The van der Waals surface area contributed by atoms with E-state index in [0.29, 0.717) is 41.3 Å². The Morgan fingerprint density at radius 2 is 1.94 bits per heavy atom. The number of likely N-dealkylation sites (N-methyl/N-ethyl adjacent to an activating group) is 1. The van der Waals surface area contributed by atoms with Crippen LogP contribution in [0.5, 0.6) is 0 Å². The molecule has 0 aliphatic carbocycles. The summed E-state index contributed by atoms with van der Waals surface area (Å²) in [5.74, 6) is 0.442. The number of rotatable bonds is 10. The lowest BCUT2D eigenvalue weighted by atomic mass is 10.3. The van der Waals surface area contributed by atoms with Crippen molar-refractivity contribution in [2.45, 2.75) is 17.7 Å². The van der Waals surface area contributed by atoms with Gasteiger partial charge in [-0.2, -0.15) is 0 Å². The fourth-order valence-corrected chi connectivity index (χ4v) is 4.73. The number of aromatic nitrogens is 1. The van der Waals surface area contributed by atoms with Crippen LogP contribution in [-0.4, -0.2) is 53.7 Å². The van der Waals surface area contributed by atoms with Crippen molar-refractivity contribution < 1.29 is 14.1 Å². The second kappa shape index (κ2) is 10.7. The molecule has 0 spiro atoms. The molecule has 7 nitrogen and oxygen atoms in total. The predicted molar refractivity (Wildman–Crippen MR) is 124 cm³/mol. The molecule has 0 aliphatic heterocycles. The zero-order valence-electron chi connectivity index (χ0n) is 17.3. The number of amides is 1. The van der Waals surface area contributed by atoms with Gasteiger partial charge in [-0.3, -0.25) is 19.8 Å². The Bertz CT molecular complexity index is 1060. The first kappa shape index (κ1) is 23.1. The smallest absolute Gasteiger partial charge is 0.270 e. The molecule has 10 heteroatoms. The minimum Gasteiger partial charge on any atom is -0.308 e. The minimum atomic E-state index is -0.438. The number of nitrogens with zero attached hydrogens (tertiary/aromatic N) is 4. The second-order valence-corrected chi connectivity index (χ2v) is 9.34. The Kier molecular flexibility index (Phi) is 7.94. The number of carbonyl (C=O) groups is 1. The Labute approximate surface area is 188 Å². The van der Waals surface area contributed by atoms with Crippen LogP contribution in [0.3, 0.4) is 0 Å². The highest BCUT2D eigenvalue weighted by Gasteiger charge is 2.20. The molecule has 1 heterocycles. The van der Waals surface area contributed by atoms with Crippen LogP contribution < -0.4 is 4.90 Å². The van der Waals surface area contributed by atoms with Gasteiger partial charge >= 0.3 is 0 Å². The molecular weight excluding hydrogens is 439 g/mol. The number of nitro benzene ring substituents is 1. The van der Waals surface area contributed by atoms with Crippen molar-refractivity contribution in [3.63, 3.8) is 0 Å². The monoisotopic (exact) mass is 462 g/mol. The average Bonchev–Trinajstić information content (AvgIpc) is 3.15. The zero-order valence-corrected chi connectivity index (χ0v) is 18.9. The van der Waals surface area contributed by atoms with Crippen LogP contribution in [0.25, 0.3) is 10.2 Å². The van der Waals surface area contributed by atoms with Gasteiger partial charge in [0.2, 0.25) is 5.91 Å². The number of non-ortho nitro benzene ring substituents is 1. The highest BCUT2D eigenvalue weighted by atomic mass is 32.2. The Balaban J connectivity index is 1.67. The maximum atomic E-state index is 13.0. The average molecular weight is 463 g/mol. The number of hydrogen-bond donors (Lipinski definition) is 0. The van der Waals surface area contributed by atoms with Crippen molar-refractivity contribution in [3.05, 3.63) is 58.4 Å². The second-order valence-electron chi connectivity index (χ2n) is 7.16. The standard InChI is InChI=1S/C21H23FN4O3S2/c1-24(2)11-12-25(20(27)4-3-13-30-17-8-5-15(22)6-9-17)21-23-18-10-7-16(26(28)29)14-19(18)31-21/h5-10,14H,3-4,11-13H2,1-2H3. The molecule has 0 bridgehead atoms. The van der Waals surface area contributed by atoms with E-state index in [2.05, 4.69) is 4.98 Å². The SMILES string of the molecule is CN(C)CCN(C(=O)CCCSc1ccc(F)cc1)c1nc2ccc([N+](=O)[O-])cc2s1. The maximum Gasteiger partial charge on any atom is 0.270 e. The van der Waals surface area contributed by atoms with Crippen molar-refractivity contribution in [3.8, 4) is 0 Å². The van der Waals surface area contributed by atoms with Gasteiger partial charge in [-0.25, -0.2) is 9.37 Å². The molecule has 1 amide bonds. The van der Waals surface area contributed by atoms with E-state index in [-0.39, 0.29) is 17.4 Å². The van der Waals surface area contributed by atoms with Gasteiger partial charge in [-0.1, -0.05) is 11.3 Å². The molecule has 0 N–H and O–H groups in total. The van der Waals surface area contributed by atoms with Gasteiger partial charge in [-0.05, 0) is 56.6 Å². The fraction of sp³-hybridized carbons (Fsp3) is 0.333. The summed E-state index contributed by atoms with van der Waals surface area (Å²) in [5.41, 5.74) is 0.645. The lowest BCUT2D eigenvalue weighted by molar-refractivity contribution is -0.384. The normalized spacial score (nSPS) is 11.2. The van der Waals surface area contributed by atoms with E-state index in [0.717, 1.165) is 10.6 Å². The molecular formula is C21H23FN4O3S2. The van der Waals surface area contributed by atoms with Crippen molar-refractivity contribution in [2.75, 3.05) is 37.8 Å². The van der Waals surface area contributed by atoms with E-state index in [4.69, 9.17) is 0 Å². The van der Waals surface area contributed by atoms with Crippen LogP contribution in [0, 0.1) is 15.9 Å². The van der Waals surface area contributed by atoms with Crippen LogP contribution in [0.15, 0.2) is 47.4 Å². The number of halogens is 1. The number of hydrogen-bond acceptors (Lipinski definition) is 7. The summed E-state index contributed by atoms with van der Waals surface area (Å²) in [6.45, 7) is 1.16. The molecule has 0 atom stereocenters. The molecule has 3 aromatic rings. The van der Waals surface area contributed by atoms with Crippen LogP contribution in [-0.2, 0) is 4.79 Å². The molecule has 2 aromatic carbocycles. The van der Waals surface area contributed by atoms with Crippen LogP contribution in [0.1, 0.15) is 12.8 Å². The quantitative estimate of drug-likeness (QED) is 0.186. The molecule has 0 fully saturated rings. The number of thioether (sulfide) groups is 1. The minimum absolute atomic E-state index is 0.00619. The van der Waals surface area contributed by atoms with Gasteiger partial charge in [0.1, 0.15) is 5.82 Å². The summed E-state index contributed by atoms with van der Waals surface area (Å²) in [6.07, 6.45) is 1.04. The summed E-state index contributed by atoms with van der Waals surface area (Å²) >= 11 is 2.87. The number of benzene rings is 2. The first-order chi connectivity index (χ1) is 14.8. The van der Waals surface area contributed by atoms with Crippen molar-refractivity contribution in [1.82, 2.24) is 9.88 Å². The van der Waals surface area contributed by atoms with E-state index in [1.165, 1.54) is 35.6 Å². The highest BCUT2D eigenvalue weighted by molar-refractivity contribution is 7.99. The van der Waals surface area contributed by atoms with Crippen LogP contribution in [0.4, 0.5) is 15.2 Å². The lowest BCUT2D eigenvalue weighted by Crippen LogP contribution is -2.36. The molecule has 0 unspecified atom stereocenters. The Morgan fingerprint density at radius 1 is 1.19 bits per heavy atom. The summed E-state index contributed by atoms with van der Waals surface area (Å²) in [7, 11) is 3.87. The Hall–Kier alpha value is -2.56. The van der Waals surface area contributed by atoms with Crippen LogP contribution >= 0.6 is 23.1 Å². The molecule has 1 aromatic heterocycles. The summed E-state index contributed by atoms with van der Waals surface area (Å²) < 4.78 is 13.7. The molecule has 0 saturated heterocycles. The summed E-state index contributed by atoms with van der Waals surface area (Å²) in [5, 5.41) is 11.6. The van der Waals surface area contributed by atoms with Gasteiger partial charge in [0.25, 0.3) is 5.69 Å². The van der Waals surface area contributed by atoms with E-state index < -0.39 is 4.92 Å². The van der Waals surface area contributed by atoms with E-state index >= 15 is 0 Å². The molecule has 31 heavy (non-hydrogen) atoms. The Morgan fingerprint density at radius 3 is 2.61 bits per heavy atom. The third-order valence-corrected chi connectivity index (χ3v) is 6.63. The van der Waals surface area contributed by atoms with Crippen molar-refractivity contribution >= 4 is 50.0 Å². The first-order valence-electron chi connectivity index (χ1n) is 9.72. The molecule has 0 aliphatic rings. The van der Waals surface area contributed by atoms with E-state index in [9.17, 15) is 19.3 Å². The van der Waals surface area contributed by atoms with Gasteiger partial charge < -0.3 is 4.90 Å². The van der Waals surface area contributed by atoms with E-state index in [1.807, 2.05) is 19.0 Å². The van der Waals surface area contributed by atoms with Crippen molar-refractivity contribution in [2.24, 2.45) is 0 Å². The molecule has 3 rings (SSSR count). The van der Waals surface area contributed by atoms with Gasteiger partial charge in [0.15, 0.2) is 5.13 Å². The third kappa shape index (κ3) is 6.46. The number of nitro groups is 1. The number of thiazole rings is 1. The molecule has 164 valence electrons. The van der Waals surface area contributed by atoms with Crippen molar-refractivity contribution in [1.29, 1.82) is 0 Å². The largest absolute Gasteiger partial charge is 0.308 e. The first-order valence-corrected chi connectivity index (χ1v) is 11.5.